The van der Waals surface area contributed by atoms with E-state index in [0.717, 1.165) is 25.7 Å². The number of carbonyl (C=O) groups is 3. The molecule has 158 valence electrons. The van der Waals surface area contributed by atoms with Crippen LogP contribution in [0.1, 0.15) is 70.2 Å². The first-order chi connectivity index (χ1) is 13.9. The predicted molar refractivity (Wildman–Crippen MR) is 114 cm³/mol. The summed E-state index contributed by atoms with van der Waals surface area (Å²) < 4.78 is 0. The van der Waals surface area contributed by atoms with E-state index in [4.69, 9.17) is 0 Å². The molecule has 29 heavy (non-hydrogen) atoms. The molecular weight excluding hydrogens is 366 g/mol. The normalized spacial score (nSPS) is 21.2. The van der Waals surface area contributed by atoms with Crippen molar-refractivity contribution in [1.29, 1.82) is 0 Å². The SMILES string of the molecule is CCC(C)N(C(=O)CN1C(=O)C2CCCCN2C(=O)c2ccccc21)C(C)CC. The molecule has 0 aromatic heterocycles. The highest BCUT2D eigenvalue weighted by atomic mass is 16.2. The largest absolute Gasteiger partial charge is 0.336 e. The molecule has 1 aromatic rings. The van der Waals surface area contributed by atoms with Gasteiger partial charge in [-0.2, -0.15) is 0 Å². The standard InChI is InChI=1S/C23H33N3O3/c1-5-16(3)26(17(4)6-2)21(27)15-25-19-12-8-7-11-18(19)22(28)24-14-10-9-13-20(24)23(25)29/h7-8,11-12,16-17,20H,5-6,9-10,13-15H2,1-4H3. The van der Waals surface area contributed by atoms with Gasteiger partial charge in [0.05, 0.1) is 11.3 Å². The fourth-order valence-corrected chi connectivity index (χ4v) is 4.47. The Morgan fingerprint density at radius 3 is 2.41 bits per heavy atom. The minimum absolute atomic E-state index is 0.0256. The fourth-order valence-electron chi connectivity index (χ4n) is 4.47. The van der Waals surface area contributed by atoms with Crippen LogP contribution in [0.25, 0.3) is 0 Å². The molecule has 1 saturated heterocycles. The first-order valence-corrected chi connectivity index (χ1v) is 10.9. The van der Waals surface area contributed by atoms with Gasteiger partial charge in [-0.3, -0.25) is 14.4 Å². The van der Waals surface area contributed by atoms with Crippen LogP contribution in [-0.4, -0.2) is 58.7 Å². The van der Waals surface area contributed by atoms with Gasteiger partial charge in [-0.25, -0.2) is 0 Å². The van der Waals surface area contributed by atoms with Gasteiger partial charge in [-0.05, 0) is 58.1 Å². The van der Waals surface area contributed by atoms with Gasteiger partial charge >= 0.3 is 0 Å². The third kappa shape index (κ3) is 4.02. The zero-order valence-corrected chi connectivity index (χ0v) is 18.1. The Bertz CT molecular complexity index is 768. The van der Waals surface area contributed by atoms with Gasteiger partial charge < -0.3 is 14.7 Å². The molecule has 2 aliphatic heterocycles. The molecule has 3 amide bonds. The number of benzene rings is 1. The highest BCUT2D eigenvalue weighted by molar-refractivity contribution is 6.12. The summed E-state index contributed by atoms with van der Waals surface area (Å²) in [6, 6.07) is 6.91. The van der Waals surface area contributed by atoms with Gasteiger partial charge in [0.2, 0.25) is 11.8 Å². The maximum Gasteiger partial charge on any atom is 0.256 e. The zero-order valence-electron chi connectivity index (χ0n) is 18.1. The number of nitrogens with zero attached hydrogens (tertiary/aromatic N) is 3. The molecule has 1 aromatic carbocycles. The quantitative estimate of drug-likeness (QED) is 0.736. The zero-order chi connectivity index (χ0) is 21.1. The van der Waals surface area contributed by atoms with E-state index in [1.54, 1.807) is 21.9 Å². The van der Waals surface area contributed by atoms with Crippen molar-refractivity contribution in [2.75, 3.05) is 18.0 Å². The second-order valence-electron chi connectivity index (χ2n) is 8.27. The number of rotatable bonds is 6. The molecule has 0 spiro atoms. The van der Waals surface area contributed by atoms with Gasteiger partial charge in [0.25, 0.3) is 5.91 Å². The molecule has 0 N–H and O–H groups in total. The molecule has 1 fully saturated rings. The van der Waals surface area contributed by atoms with E-state index in [1.165, 1.54) is 0 Å². The molecule has 0 saturated carbocycles. The average molecular weight is 400 g/mol. The first kappa shape index (κ1) is 21.3. The van der Waals surface area contributed by atoms with E-state index in [9.17, 15) is 14.4 Å². The van der Waals surface area contributed by atoms with Crippen LogP contribution in [0.2, 0.25) is 0 Å². The molecule has 0 radical (unpaired) electrons. The summed E-state index contributed by atoms with van der Waals surface area (Å²) in [4.78, 5) is 45.2. The molecule has 0 aliphatic carbocycles. The monoisotopic (exact) mass is 399 g/mol. The van der Waals surface area contributed by atoms with Crippen LogP contribution in [0, 0.1) is 0 Å². The van der Waals surface area contributed by atoms with Gasteiger partial charge in [0.15, 0.2) is 0 Å². The summed E-state index contributed by atoms with van der Waals surface area (Å²) in [6.07, 6.45) is 4.20. The van der Waals surface area contributed by atoms with E-state index in [0.29, 0.717) is 24.2 Å². The van der Waals surface area contributed by atoms with Gasteiger partial charge in [0, 0.05) is 18.6 Å². The summed E-state index contributed by atoms with van der Waals surface area (Å²) in [5.41, 5.74) is 1.06. The Hall–Kier alpha value is -2.37. The molecule has 2 aliphatic rings. The van der Waals surface area contributed by atoms with E-state index in [-0.39, 0.29) is 36.3 Å². The molecule has 3 unspecified atom stereocenters. The maximum absolute atomic E-state index is 13.5. The first-order valence-electron chi connectivity index (χ1n) is 10.9. The van der Waals surface area contributed by atoms with Crippen molar-refractivity contribution in [2.24, 2.45) is 0 Å². The Kier molecular flexibility index (Phi) is 6.60. The van der Waals surface area contributed by atoms with Crippen LogP contribution in [-0.2, 0) is 9.59 Å². The number of para-hydroxylation sites is 1. The van der Waals surface area contributed by atoms with E-state index in [2.05, 4.69) is 27.7 Å². The van der Waals surface area contributed by atoms with Crippen molar-refractivity contribution in [3.05, 3.63) is 29.8 Å². The Morgan fingerprint density at radius 2 is 1.76 bits per heavy atom. The van der Waals surface area contributed by atoms with E-state index >= 15 is 0 Å². The summed E-state index contributed by atoms with van der Waals surface area (Å²) in [7, 11) is 0. The minimum Gasteiger partial charge on any atom is -0.336 e. The molecular formula is C23H33N3O3. The van der Waals surface area contributed by atoms with Crippen molar-refractivity contribution in [2.45, 2.75) is 77.9 Å². The second kappa shape index (κ2) is 8.97. The molecule has 3 atom stereocenters. The lowest BCUT2D eigenvalue weighted by Crippen LogP contribution is -2.54. The Balaban J connectivity index is 1.98. The predicted octanol–water partition coefficient (Wildman–Crippen LogP) is 3.45. The Labute approximate surface area is 173 Å². The number of amides is 3. The third-order valence-corrected chi connectivity index (χ3v) is 6.45. The second-order valence-corrected chi connectivity index (χ2v) is 8.27. The number of piperidine rings is 1. The number of anilines is 1. The van der Waals surface area contributed by atoms with Gasteiger partial charge in [0.1, 0.15) is 12.6 Å². The number of fused-ring (bicyclic) bond motifs is 2. The number of hydrogen-bond acceptors (Lipinski definition) is 3. The molecule has 6 nitrogen and oxygen atoms in total. The number of hydrogen-bond donors (Lipinski definition) is 0. The van der Waals surface area contributed by atoms with Crippen molar-refractivity contribution < 1.29 is 14.4 Å². The minimum atomic E-state index is -0.475. The highest BCUT2D eigenvalue weighted by Crippen LogP contribution is 2.32. The van der Waals surface area contributed by atoms with Crippen LogP contribution in [0.3, 0.4) is 0 Å². The van der Waals surface area contributed by atoms with Crippen molar-refractivity contribution in [1.82, 2.24) is 9.80 Å². The van der Waals surface area contributed by atoms with Crippen molar-refractivity contribution in [3.63, 3.8) is 0 Å². The fraction of sp³-hybridized carbons (Fsp3) is 0.609. The third-order valence-electron chi connectivity index (χ3n) is 6.45. The summed E-state index contributed by atoms with van der Waals surface area (Å²) >= 11 is 0. The van der Waals surface area contributed by atoms with Gasteiger partial charge in [-0.1, -0.05) is 26.0 Å². The smallest absolute Gasteiger partial charge is 0.256 e. The van der Waals surface area contributed by atoms with E-state index < -0.39 is 6.04 Å². The molecule has 2 heterocycles. The summed E-state index contributed by atoms with van der Waals surface area (Å²) in [5.74, 6) is -0.299. The van der Waals surface area contributed by atoms with Crippen LogP contribution in [0.15, 0.2) is 24.3 Å². The lowest BCUT2D eigenvalue weighted by molar-refractivity contribution is -0.136. The van der Waals surface area contributed by atoms with Crippen molar-refractivity contribution in [3.8, 4) is 0 Å². The maximum atomic E-state index is 13.5. The van der Waals surface area contributed by atoms with E-state index in [1.807, 2.05) is 17.0 Å². The lowest BCUT2D eigenvalue weighted by Gasteiger charge is -2.37. The van der Waals surface area contributed by atoms with Crippen LogP contribution in [0.4, 0.5) is 5.69 Å². The topological polar surface area (TPSA) is 60.9 Å². The highest BCUT2D eigenvalue weighted by Gasteiger charge is 2.41. The summed E-state index contributed by atoms with van der Waals surface area (Å²) in [5, 5.41) is 0. The van der Waals surface area contributed by atoms with Crippen molar-refractivity contribution >= 4 is 23.4 Å². The van der Waals surface area contributed by atoms with Crippen LogP contribution < -0.4 is 4.90 Å². The average Bonchev–Trinajstić information content (AvgIpc) is 2.83. The van der Waals surface area contributed by atoms with Crippen LogP contribution >= 0.6 is 0 Å². The molecule has 0 bridgehead atoms. The van der Waals surface area contributed by atoms with Gasteiger partial charge in [-0.15, -0.1) is 0 Å². The molecule has 3 rings (SSSR count). The lowest BCUT2D eigenvalue weighted by atomic mass is 10.0. The molecule has 6 heteroatoms. The summed E-state index contributed by atoms with van der Waals surface area (Å²) in [6.45, 7) is 8.80. The Morgan fingerprint density at radius 1 is 1.10 bits per heavy atom. The number of carbonyl (C=O) groups excluding carboxylic acids is 3. The van der Waals surface area contributed by atoms with Crippen LogP contribution in [0.5, 0.6) is 0 Å².